The van der Waals surface area contributed by atoms with Crippen LogP contribution in [0.25, 0.3) is 5.57 Å². The largest absolute Gasteiger partial charge is 0.478 e. The van der Waals surface area contributed by atoms with Crippen molar-refractivity contribution in [3.8, 4) is 0 Å². The molecule has 0 unspecified atom stereocenters. The lowest BCUT2D eigenvalue weighted by atomic mass is 9.33. The minimum Gasteiger partial charge on any atom is -0.478 e. The number of hydrogen-bond acceptors (Lipinski definition) is 4. The molecular formula is C42H62N2O3. The SMILES string of the molecule is CC(C)C1=C2[C@H]3CC[C@@H]4[C@@]5(C)CC=C(c6ccc(C(=O)O)cc6)C(C)(C)[C@@H]5CC[C@@]4(C)[C@]3(C)CC[C@@]2(CCNCCN(C)C)CC1=O. The number of carboxylic acid groups (broad SMARTS) is 1. The lowest BCUT2D eigenvalue weighted by Crippen LogP contribution is -2.64. The Morgan fingerprint density at radius 2 is 1.64 bits per heavy atom. The number of ketones is 1. The summed E-state index contributed by atoms with van der Waals surface area (Å²) >= 11 is 0. The van der Waals surface area contributed by atoms with E-state index in [0.29, 0.717) is 29.1 Å². The van der Waals surface area contributed by atoms with E-state index in [4.69, 9.17) is 0 Å². The zero-order valence-electron chi connectivity index (χ0n) is 30.9. The minimum atomic E-state index is -0.869. The van der Waals surface area contributed by atoms with Crippen molar-refractivity contribution in [1.82, 2.24) is 10.2 Å². The summed E-state index contributed by atoms with van der Waals surface area (Å²) in [5, 5.41) is 13.2. The molecule has 6 rings (SSSR count). The molecule has 0 aliphatic heterocycles. The lowest BCUT2D eigenvalue weighted by molar-refractivity contribution is -0.196. The Morgan fingerprint density at radius 3 is 2.28 bits per heavy atom. The first-order chi connectivity index (χ1) is 22.0. The second kappa shape index (κ2) is 12.0. The third-order valence-electron chi connectivity index (χ3n) is 15.1. The summed E-state index contributed by atoms with van der Waals surface area (Å²) in [5.41, 5.74) is 6.38. The lowest BCUT2D eigenvalue weighted by Gasteiger charge is -2.71. The molecule has 0 amide bonds. The van der Waals surface area contributed by atoms with Crippen LogP contribution in [0.3, 0.4) is 0 Å². The maximum atomic E-state index is 13.9. The molecule has 0 radical (unpaired) electrons. The number of fused-ring (bicyclic) bond motifs is 7. The van der Waals surface area contributed by atoms with Gasteiger partial charge in [0.2, 0.25) is 0 Å². The first-order valence-electron chi connectivity index (χ1n) is 18.7. The fraction of sp³-hybridized carbons (Fsp3) is 0.714. The van der Waals surface area contributed by atoms with Gasteiger partial charge in [-0.25, -0.2) is 4.79 Å². The second-order valence-corrected chi connectivity index (χ2v) is 18.2. The number of carbonyl (C=O) groups excluding carboxylic acids is 1. The molecule has 5 nitrogen and oxygen atoms in total. The van der Waals surface area contributed by atoms with E-state index >= 15 is 0 Å². The molecule has 5 aliphatic rings. The van der Waals surface area contributed by atoms with Crippen molar-refractivity contribution < 1.29 is 14.7 Å². The van der Waals surface area contributed by atoms with Crippen LogP contribution in [-0.2, 0) is 4.79 Å². The molecule has 5 heteroatoms. The van der Waals surface area contributed by atoms with E-state index in [0.717, 1.165) is 45.3 Å². The van der Waals surface area contributed by atoms with Gasteiger partial charge < -0.3 is 15.3 Å². The third kappa shape index (κ3) is 5.23. The molecule has 2 N–H and O–H groups in total. The zero-order valence-corrected chi connectivity index (χ0v) is 30.9. The standard InChI is InChI=1S/C42H62N2O3/c1-27(2)35-32(45)26-42(22-23-43-24-25-44(8)9)21-20-40(6)31(36(35)42)14-15-34-39(5)18-16-30(28-10-12-29(13-11-28)37(46)47)38(3,4)33(39)17-19-41(34,40)7/h10-13,16,27,31,33-34,43H,14-15,17-26H2,1-9H3,(H,46,47)/t31-,33+,34-,39+,40-,41-,42-/m1/s1. The van der Waals surface area contributed by atoms with E-state index < -0.39 is 5.97 Å². The highest BCUT2D eigenvalue weighted by molar-refractivity contribution is 6.00. The van der Waals surface area contributed by atoms with Crippen LogP contribution >= 0.6 is 0 Å². The summed E-state index contributed by atoms with van der Waals surface area (Å²) in [6.45, 7) is 20.4. The van der Waals surface area contributed by atoms with Gasteiger partial charge in [0.1, 0.15) is 0 Å². The van der Waals surface area contributed by atoms with Crippen molar-refractivity contribution in [3.63, 3.8) is 0 Å². The molecule has 0 heterocycles. The highest BCUT2D eigenvalue weighted by Gasteiger charge is 2.69. The van der Waals surface area contributed by atoms with Gasteiger partial charge in [0.15, 0.2) is 5.78 Å². The highest BCUT2D eigenvalue weighted by atomic mass is 16.4. The maximum Gasteiger partial charge on any atom is 0.335 e. The summed E-state index contributed by atoms with van der Waals surface area (Å²) in [5.74, 6) is 1.57. The normalized spacial score (nSPS) is 37.7. The van der Waals surface area contributed by atoms with E-state index in [1.165, 1.54) is 48.8 Å². The molecule has 1 aromatic carbocycles. The molecule has 0 aromatic heterocycles. The minimum absolute atomic E-state index is 0.00331. The van der Waals surface area contributed by atoms with Crippen LogP contribution in [0.2, 0.25) is 0 Å². The molecule has 5 aliphatic carbocycles. The van der Waals surface area contributed by atoms with Gasteiger partial charge in [0, 0.05) is 24.9 Å². The number of carboxylic acids is 1. The van der Waals surface area contributed by atoms with Crippen molar-refractivity contribution in [2.24, 2.45) is 50.7 Å². The van der Waals surface area contributed by atoms with Gasteiger partial charge in [-0.15, -0.1) is 0 Å². The number of aromatic carboxylic acids is 1. The average Bonchev–Trinajstić information content (AvgIpc) is 3.29. The Hall–Kier alpha value is -2.24. The van der Waals surface area contributed by atoms with Crippen molar-refractivity contribution in [1.29, 1.82) is 0 Å². The molecule has 3 fully saturated rings. The van der Waals surface area contributed by atoms with Crippen LogP contribution in [0.1, 0.15) is 122 Å². The van der Waals surface area contributed by atoms with E-state index in [1.54, 1.807) is 17.7 Å². The molecule has 1 aromatic rings. The van der Waals surface area contributed by atoms with E-state index in [9.17, 15) is 14.7 Å². The topological polar surface area (TPSA) is 69.6 Å². The molecule has 3 saturated carbocycles. The van der Waals surface area contributed by atoms with Crippen LogP contribution in [0.15, 0.2) is 41.5 Å². The number of nitrogens with one attached hydrogen (secondary N) is 1. The van der Waals surface area contributed by atoms with Gasteiger partial charge in [-0.3, -0.25) is 4.79 Å². The second-order valence-electron chi connectivity index (χ2n) is 18.2. The van der Waals surface area contributed by atoms with Gasteiger partial charge in [-0.05, 0) is 146 Å². The number of Topliss-reactive ketones (excluding diaryl/α,β-unsaturated/α-hetero) is 1. The van der Waals surface area contributed by atoms with Crippen LogP contribution in [0.4, 0.5) is 0 Å². The van der Waals surface area contributed by atoms with Crippen LogP contribution in [0, 0.1) is 50.7 Å². The number of carbonyl (C=O) groups is 2. The maximum absolute atomic E-state index is 13.9. The smallest absolute Gasteiger partial charge is 0.335 e. The molecule has 258 valence electrons. The Bertz CT molecular complexity index is 1470. The number of benzene rings is 1. The van der Waals surface area contributed by atoms with Gasteiger partial charge in [-0.2, -0.15) is 0 Å². The van der Waals surface area contributed by atoms with Gasteiger partial charge in [0.05, 0.1) is 5.56 Å². The van der Waals surface area contributed by atoms with Crippen LogP contribution in [-0.4, -0.2) is 55.5 Å². The summed E-state index contributed by atoms with van der Waals surface area (Å²) < 4.78 is 0. The Labute approximate surface area is 285 Å². The number of hydrogen-bond donors (Lipinski definition) is 2. The number of rotatable bonds is 9. The van der Waals surface area contributed by atoms with E-state index in [1.807, 2.05) is 12.1 Å². The van der Waals surface area contributed by atoms with Crippen molar-refractivity contribution in [3.05, 3.63) is 52.6 Å². The Morgan fingerprint density at radius 1 is 0.936 bits per heavy atom. The fourth-order valence-corrected chi connectivity index (χ4v) is 12.7. The fourth-order valence-electron chi connectivity index (χ4n) is 12.7. The number of allylic oxidation sites excluding steroid dienone is 4. The molecular weight excluding hydrogens is 580 g/mol. The first kappa shape index (κ1) is 34.6. The van der Waals surface area contributed by atoms with Crippen LogP contribution in [0.5, 0.6) is 0 Å². The van der Waals surface area contributed by atoms with Gasteiger partial charge in [0.25, 0.3) is 0 Å². The zero-order chi connectivity index (χ0) is 34.2. The third-order valence-corrected chi connectivity index (χ3v) is 15.1. The van der Waals surface area contributed by atoms with Crippen molar-refractivity contribution >= 4 is 17.3 Å². The first-order valence-corrected chi connectivity index (χ1v) is 18.7. The molecule has 7 atom stereocenters. The summed E-state index contributed by atoms with van der Waals surface area (Å²) in [7, 11) is 4.26. The predicted molar refractivity (Wildman–Crippen MR) is 192 cm³/mol. The molecule has 0 bridgehead atoms. The van der Waals surface area contributed by atoms with Crippen LogP contribution < -0.4 is 5.32 Å². The quantitative estimate of drug-likeness (QED) is 0.263. The monoisotopic (exact) mass is 642 g/mol. The van der Waals surface area contributed by atoms with E-state index in [2.05, 4.69) is 78.9 Å². The highest BCUT2D eigenvalue weighted by Crippen LogP contribution is 2.77. The molecule has 0 spiro atoms. The molecule has 47 heavy (non-hydrogen) atoms. The average molecular weight is 643 g/mol. The van der Waals surface area contributed by atoms with Gasteiger partial charge in [-0.1, -0.05) is 72.2 Å². The predicted octanol–water partition coefficient (Wildman–Crippen LogP) is 8.90. The van der Waals surface area contributed by atoms with Gasteiger partial charge >= 0.3 is 5.97 Å². The summed E-state index contributed by atoms with van der Waals surface area (Å²) in [6, 6.07) is 7.57. The van der Waals surface area contributed by atoms with Crippen molar-refractivity contribution in [2.75, 3.05) is 33.7 Å². The Kier molecular flexibility index (Phi) is 8.82. The molecule has 0 saturated heterocycles. The number of nitrogens with zero attached hydrogens (tertiary/aromatic N) is 1. The van der Waals surface area contributed by atoms with E-state index in [-0.39, 0.29) is 33.0 Å². The summed E-state index contributed by atoms with van der Waals surface area (Å²) in [6.07, 6.45) is 12.7. The van der Waals surface area contributed by atoms with Crippen molar-refractivity contribution in [2.45, 2.75) is 106 Å². The Balaban J connectivity index is 1.32. The summed E-state index contributed by atoms with van der Waals surface area (Å²) in [4.78, 5) is 27.7. The number of likely N-dealkylation sites (N-methyl/N-ethyl adjacent to an activating group) is 1.